The number of aryl methyl sites for hydroxylation is 1. The second-order valence-electron chi connectivity index (χ2n) is 6.28. The number of aromatic carboxylic acids is 1. The zero-order valence-electron chi connectivity index (χ0n) is 13.5. The summed E-state index contributed by atoms with van der Waals surface area (Å²) in [5.41, 5.74) is 12.1. The number of hydrogen-bond donors (Lipinski definition) is 4. The lowest BCUT2D eigenvalue weighted by Gasteiger charge is -2.46. The number of aliphatic imine (C=N–C) groups is 2. The van der Waals surface area contributed by atoms with Crippen molar-refractivity contribution in [2.24, 2.45) is 21.5 Å². The molecule has 1 spiro atoms. The molecular weight excluding hydrogens is 310 g/mol. The topological polar surface area (TPSA) is 138 Å². The van der Waals surface area contributed by atoms with E-state index in [9.17, 15) is 15.0 Å². The first-order chi connectivity index (χ1) is 11.3. The van der Waals surface area contributed by atoms with Gasteiger partial charge in [-0.3, -0.25) is 4.90 Å². The van der Waals surface area contributed by atoms with E-state index in [1.54, 1.807) is 17.9 Å². The van der Waals surface area contributed by atoms with E-state index in [0.29, 0.717) is 24.1 Å². The average molecular weight is 331 g/mol. The van der Waals surface area contributed by atoms with Crippen LogP contribution in [-0.2, 0) is 0 Å². The van der Waals surface area contributed by atoms with E-state index in [-0.39, 0.29) is 23.2 Å². The Labute approximate surface area is 139 Å². The van der Waals surface area contributed by atoms with Crippen LogP contribution in [0.5, 0.6) is 5.75 Å². The third-order valence-corrected chi connectivity index (χ3v) is 4.64. The lowest BCUT2D eigenvalue weighted by Crippen LogP contribution is -2.58. The molecule has 1 aliphatic heterocycles. The smallest absolute Gasteiger partial charge is 0.337 e. The number of carbonyl (C=O) groups is 1. The maximum atomic E-state index is 11.7. The summed E-state index contributed by atoms with van der Waals surface area (Å²) in [6.07, 6.45) is 4.40. The van der Waals surface area contributed by atoms with Crippen LogP contribution in [0.25, 0.3) is 0 Å². The molecule has 0 atom stereocenters. The van der Waals surface area contributed by atoms with Gasteiger partial charge in [-0.1, -0.05) is 6.42 Å². The molecule has 3 rings (SSSR count). The molecular formula is C16H21N5O3. The highest BCUT2D eigenvalue weighted by Gasteiger charge is 2.43. The van der Waals surface area contributed by atoms with E-state index in [0.717, 1.165) is 19.3 Å². The van der Waals surface area contributed by atoms with E-state index in [2.05, 4.69) is 9.98 Å². The van der Waals surface area contributed by atoms with Crippen molar-refractivity contribution in [1.82, 2.24) is 0 Å². The molecule has 0 aromatic heterocycles. The fourth-order valence-electron chi connectivity index (χ4n) is 3.51. The fraction of sp³-hybridized carbons (Fsp3) is 0.438. The molecule has 1 aromatic carbocycles. The number of nitrogens with two attached hydrogens (primary N) is 2. The molecule has 0 radical (unpaired) electrons. The molecule has 0 amide bonds. The van der Waals surface area contributed by atoms with Crippen LogP contribution in [0.4, 0.5) is 5.69 Å². The van der Waals surface area contributed by atoms with Crippen LogP contribution >= 0.6 is 0 Å². The van der Waals surface area contributed by atoms with Crippen molar-refractivity contribution < 1.29 is 15.0 Å². The maximum absolute atomic E-state index is 11.7. The first kappa shape index (κ1) is 16.1. The molecule has 0 saturated heterocycles. The van der Waals surface area contributed by atoms with E-state index >= 15 is 0 Å². The minimum atomic E-state index is -1.15. The zero-order valence-corrected chi connectivity index (χ0v) is 13.5. The van der Waals surface area contributed by atoms with Crippen LogP contribution in [0.1, 0.15) is 48.0 Å². The molecule has 128 valence electrons. The third kappa shape index (κ3) is 2.53. The largest absolute Gasteiger partial charge is 0.508 e. The van der Waals surface area contributed by atoms with Gasteiger partial charge in [0.1, 0.15) is 11.4 Å². The Morgan fingerprint density at radius 3 is 2.54 bits per heavy atom. The summed E-state index contributed by atoms with van der Waals surface area (Å²) in [6, 6.07) is 2.84. The first-order valence-electron chi connectivity index (χ1n) is 7.91. The third-order valence-electron chi connectivity index (χ3n) is 4.64. The molecule has 24 heavy (non-hydrogen) atoms. The van der Waals surface area contributed by atoms with Gasteiger partial charge < -0.3 is 21.7 Å². The molecule has 1 saturated carbocycles. The van der Waals surface area contributed by atoms with E-state index < -0.39 is 11.6 Å². The normalized spacial score (nSPS) is 19.8. The van der Waals surface area contributed by atoms with Crippen molar-refractivity contribution in [3.05, 3.63) is 23.3 Å². The minimum Gasteiger partial charge on any atom is -0.508 e. The Kier molecular flexibility index (Phi) is 3.82. The summed E-state index contributed by atoms with van der Waals surface area (Å²) in [5.74, 6) is -0.999. The maximum Gasteiger partial charge on any atom is 0.337 e. The number of carboxylic acid groups (broad SMARTS) is 1. The highest BCUT2D eigenvalue weighted by molar-refractivity contribution is 6.09. The number of guanidine groups is 2. The van der Waals surface area contributed by atoms with Gasteiger partial charge in [0.2, 0.25) is 11.9 Å². The number of benzene rings is 1. The number of anilines is 1. The monoisotopic (exact) mass is 331 g/mol. The van der Waals surface area contributed by atoms with E-state index in [1.165, 1.54) is 6.07 Å². The molecule has 8 heteroatoms. The van der Waals surface area contributed by atoms with E-state index in [1.807, 2.05) is 0 Å². The summed E-state index contributed by atoms with van der Waals surface area (Å²) in [4.78, 5) is 21.9. The van der Waals surface area contributed by atoms with Gasteiger partial charge in [0.05, 0.1) is 11.3 Å². The van der Waals surface area contributed by atoms with Gasteiger partial charge in [-0.05, 0) is 50.3 Å². The standard InChI is InChI=1S/C16H21N5O3/c1-9-7-11(10(13(23)24)8-12(9)22)21-15(18)19-14(17)20-16(21)5-3-2-4-6-16/h7-8,22H,2-6H2,1H3,(H,23,24)(H4,17,18,19,20). The lowest BCUT2D eigenvalue weighted by atomic mass is 9.86. The van der Waals surface area contributed by atoms with Gasteiger partial charge in [0, 0.05) is 0 Å². The zero-order chi connectivity index (χ0) is 17.5. The lowest BCUT2D eigenvalue weighted by molar-refractivity contribution is 0.0697. The highest BCUT2D eigenvalue weighted by Crippen LogP contribution is 2.41. The molecule has 0 unspecified atom stereocenters. The Morgan fingerprint density at radius 1 is 1.25 bits per heavy atom. The summed E-state index contributed by atoms with van der Waals surface area (Å²) < 4.78 is 0. The molecule has 2 aliphatic rings. The molecule has 1 aromatic rings. The van der Waals surface area contributed by atoms with Gasteiger partial charge in [0.15, 0.2) is 0 Å². The highest BCUT2D eigenvalue weighted by atomic mass is 16.4. The predicted molar refractivity (Wildman–Crippen MR) is 91.3 cm³/mol. The Hall–Kier alpha value is -2.77. The number of phenols is 1. The summed E-state index contributed by atoms with van der Waals surface area (Å²) >= 11 is 0. The van der Waals surface area contributed by atoms with Gasteiger partial charge in [-0.15, -0.1) is 0 Å². The molecule has 1 aliphatic carbocycles. The van der Waals surface area contributed by atoms with Crippen LogP contribution in [-0.4, -0.2) is 33.8 Å². The number of hydrogen-bond acceptors (Lipinski definition) is 7. The van der Waals surface area contributed by atoms with Crippen LogP contribution in [0.2, 0.25) is 0 Å². The summed E-state index contributed by atoms with van der Waals surface area (Å²) in [5, 5.41) is 19.4. The van der Waals surface area contributed by atoms with Crippen molar-refractivity contribution in [2.45, 2.75) is 44.7 Å². The van der Waals surface area contributed by atoms with Crippen molar-refractivity contribution in [3.63, 3.8) is 0 Å². The van der Waals surface area contributed by atoms with Crippen molar-refractivity contribution in [2.75, 3.05) is 4.90 Å². The van der Waals surface area contributed by atoms with Gasteiger partial charge >= 0.3 is 5.97 Å². The number of rotatable bonds is 2. The average Bonchev–Trinajstić information content (AvgIpc) is 2.50. The van der Waals surface area contributed by atoms with Crippen molar-refractivity contribution in [1.29, 1.82) is 0 Å². The second-order valence-corrected chi connectivity index (χ2v) is 6.28. The number of nitrogens with zero attached hydrogens (tertiary/aromatic N) is 3. The van der Waals surface area contributed by atoms with Crippen molar-refractivity contribution >= 4 is 23.6 Å². The second kappa shape index (κ2) is 5.70. The predicted octanol–water partition coefficient (Wildman–Crippen LogP) is 1.51. The van der Waals surface area contributed by atoms with Gasteiger partial charge in [0.25, 0.3) is 0 Å². The number of phenolic OH excluding ortho intramolecular Hbond substituents is 1. The number of carboxylic acids is 1. The van der Waals surface area contributed by atoms with Crippen molar-refractivity contribution in [3.8, 4) is 5.75 Å². The van der Waals surface area contributed by atoms with Crippen LogP contribution < -0.4 is 16.4 Å². The van der Waals surface area contributed by atoms with Gasteiger partial charge in [-0.25, -0.2) is 9.79 Å². The minimum absolute atomic E-state index is 0.0446. The molecule has 1 fully saturated rings. The Morgan fingerprint density at radius 2 is 1.92 bits per heavy atom. The number of aromatic hydroxyl groups is 1. The Balaban J connectivity index is 2.21. The fourth-order valence-corrected chi connectivity index (χ4v) is 3.51. The molecule has 8 nitrogen and oxygen atoms in total. The first-order valence-corrected chi connectivity index (χ1v) is 7.91. The van der Waals surface area contributed by atoms with Crippen LogP contribution in [0.15, 0.2) is 22.1 Å². The van der Waals surface area contributed by atoms with Crippen LogP contribution in [0.3, 0.4) is 0 Å². The quantitative estimate of drug-likeness (QED) is 0.648. The Bertz CT molecular complexity index is 750. The summed E-state index contributed by atoms with van der Waals surface area (Å²) in [6.45, 7) is 1.70. The molecule has 0 bridgehead atoms. The molecule has 6 N–H and O–H groups in total. The van der Waals surface area contributed by atoms with Gasteiger partial charge in [-0.2, -0.15) is 4.99 Å². The molecule has 1 heterocycles. The van der Waals surface area contributed by atoms with E-state index in [4.69, 9.17) is 11.5 Å². The van der Waals surface area contributed by atoms with Crippen LogP contribution in [0, 0.1) is 6.92 Å². The summed E-state index contributed by atoms with van der Waals surface area (Å²) in [7, 11) is 0. The SMILES string of the molecule is Cc1cc(N2C(N)=NC(N)=NC23CCCCC3)c(C(=O)O)cc1O.